The monoisotopic (exact) mass is 380 g/mol. The molecule has 0 radical (unpaired) electrons. The lowest BCUT2D eigenvalue weighted by Crippen LogP contribution is -2.16. The molecule has 3 rings (SSSR count). The van der Waals surface area contributed by atoms with Crippen LogP contribution in [0.5, 0.6) is 0 Å². The van der Waals surface area contributed by atoms with Gasteiger partial charge in [0.05, 0.1) is 16.9 Å². The fraction of sp³-hybridized carbons (Fsp3) is 0.118. The van der Waals surface area contributed by atoms with Crippen LogP contribution in [0.1, 0.15) is 21.7 Å². The first-order chi connectivity index (χ1) is 12.2. The number of pyridine rings is 1. The summed E-state index contributed by atoms with van der Waals surface area (Å²) in [5.41, 5.74) is 0.264. The molecule has 0 aliphatic rings. The van der Waals surface area contributed by atoms with Crippen molar-refractivity contribution in [2.45, 2.75) is 13.1 Å². The van der Waals surface area contributed by atoms with Crippen LogP contribution in [0.2, 0.25) is 5.02 Å². The summed E-state index contributed by atoms with van der Waals surface area (Å²) in [4.78, 5) is 15.6. The number of benzene rings is 1. The Bertz CT molecular complexity index is 934. The molecule has 2 heterocycles. The fourth-order valence-corrected chi connectivity index (χ4v) is 2.38. The molecule has 0 fully saturated rings. The van der Waals surface area contributed by atoms with Gasteiger partial charge in [-0.1, -0.05) is 11.6 Å². The van der Waals surface area contributed by atoms with Gasteiger partial charge in [-0.15, -0.1) is 0 Å². The van der Waals surface area contributed by atoms with Crippen LogP contribution in [-0.4, -0.2) is 20.7 Å². The van der Waals surface area contributed by atoms with Crippen molar-refractivity contribution in [1.82, 2.24) is 14.8 Å². The van der Waals surface area contributed by atoms with Gasteiger partial charge in [-0.25, -0.2) is 4.68 Å². The zero-order chi connectivity index (χ0) is 18.9. The van der Waals surface area contributed by atoms with Gasteiger partial charge in [-0.3, -0.25) is 9.78 Å². The Hall–Kier alpha value is -2.87. The largest absolute Gasteiger partial charge is 0.433 e. The number of amides is 1. The minimum Gasteiger partial charge on any atom is -0.306 e. The van der Waals surface area contributed by atoms with E-state index in [9.17, 15) is 18.0 Å². The highest BCUT2D eigenvalue weighted by Gasteiger charge is 2.32. The van der Waals surface area contributed by atoms with E-state index >= 15 is 0 Å². The number of hydrogen-bond acceptors (Lipinski definition) is 3. The van der Waals surface area contributed by atoms with Crippen molar-refractivity contribution in [3.63, 3.8) is 0 Å². The third-order valence-electron chi connectivity index (χ3n) is 3.46. The minimum absolute atomic E-state index is 0.000454. The second-order valence-corrected chi connectivity index (χ2v) is 5.88. The van der Waals surface area contributed by atoms with Crippen LogP contribution in [-0.2, 0) is 6.18 Å². The number of carbonyl (C=O) groups is 1. The molecule has 0 spiro atoms. The zero-order valence-electron chi connectivity index (χ0n) is 13.4. The van der Waals surface area contributed by atoms with E-state index in [1.54, 1.807) is 37.3 Å². The highest BCUT2D eigenvalue weighted by Crippen LogP contribution is 2.27. The third-order valence-corrected chi connectivity index (χ3v) is 3.71. The minimum atomic E-state index is -4.56. The third kappa shape index (κ3) is 3.85. The first-order valence-electron chi connectivity index (χ1n) is 7.41. The van der Waals surface area contributed by atoms with Gasteiger partial charge >= 0.3 is 6.18 Å². The Balaban J connectivity index is 1.85. The van der Waals surface area contributed by atoms with Gasteiger partial charge in [-0.2, -0.15) is 18.3 Å². The Labute approximate surface area is 151 Å². The van der Waals surface area contributed by atoms with Gasteiger partial charge in [0, 0.05) is 17.3 Å². The lowest BCUT2D eigenvalue weighted by Gasteiger charge is -2.10. The number of nitrogens with zero attached hydrogens (tertiary/aromatic N) is 3. The van der Waals surface area contributed by atoms with E-state index in [1.807, 2.05) is 0 Å². The van der Waals surface area contributed by atoms with Crippen LogP contribution in [0.25, 0.3) is 5.69 Å². The molecule has 0 aliphatic carbocycles. The topological polar surface area (TPSA) is 59.8 Å². The normalized spacial score (nSPS) is 11.4. The number of rotatable bonds is 3. The maximum Gasteiger partial charge on any atom is 0.433 e. The van der Waals surface area contributed by atoms with E-state index in [0.29, 0.717) is 22.2 Å². The number of alkyl halides is 3. The number of anilines is 1. The smallest absolute Gasteiger partial charge is 0.306 e. The molecule has 134 valence electrons. The van der Waals surface area contributed by atoms with Crippen molar-refractivity contribution in [3.8, 4) is 5.69 Å². The van der Waals surface area contributed by atoms with E-state index < -0.39 is 17.8 Å². The van der Waals surface area contributed by atoms with Crippen LogP contribution in [0.15, 0.2) is 48.7 Å². The molecule has 3 aromatic rings. The Morgan fingerprint density at radius 2 is 1.85 bits per heavy atom. The summed E-state index contributed by atoms with van der Waals surface area (Å²) in [6.07, 6.45) is -3.67. The molecule has 0 atom stereocenters. The summed E-state index contributed by atoms with van der Waals surface area (Å²) in [7, 11) is 0. The highest BCUT2D eigenvalue weighted by molar-refractivity contribution is 6.30. The number of hydrogen-bond donors (Lipinski definition) is 1. The number of aromatic nitrogens is 3. The highest BCUT2D eigenvalue weighted by atomic mass is 35.5. The van der Waals surface area contributed by atoms with Crippen LogP contribution in [0.4, 0.5) is 19.0 Å². The lowest BCUT2D eigenvalue weighted by atomic mass is 10.2. The molecule has 5 nitrogen and oxygen atoms in total. The van der Waals surface area contributed by atoms with Gasteiger partial charge in [-0.05, 0) is 43.3 Å². The van der Waals surface area contributed by atoms with Gasteiger partial charge in [0.15, 0.2) is 0 Å². The van der Waals surface area contributed by atoms with Crippen LogP contribution >= 0.6 is 11.6 Å². The van der Waals surface area contributed by atoms with E-state index in [1.165, 1.54) is 4.68 Å². The van der Waals surface area contributed by atoms with Gasteiger partial charge in [0.25, 0.3) is 5.91 Å². The van der Waals surface area contributed by atoms with Gasteiger partial charge in [0.2, 0.25) is 0 Å². The van der Waals surface area contributed by atoms with Gasteiger partial charge < -0.3 is 5.32 Å². The average Bonchev–Trinajstić information content (AvgIpc) is 2.95. The van der Waals surface area contributed by atoms with Crippen molar-refractivity contribution >= 4 is 23.3 Å². The average molecular weight is 381 g/mol. The maximum atomic E-state index is 12.6. The molecule has 1 N–H and O–H groups in total. The van der Waals surface area contributed by atoms with Crippen LogP contribution in [0, 0.1) is 6.92 Å². The molecule has 0 saturated carbocycles. The second kappa shape index (κ2) is 6.80. The van der Waals surface area contributed by atoms with E-state index in [2.05, 4.69) is 15.4 Å². The van der Waals surface area contributed by atoms with Crippen LogP contribution < -0.4 is 5.32 Å². The molecular weight excluding hydrogens is 369 g/mol. The molecular formula is C17H12ClF3N4O. The summed E-state index contributed by atoms with van der Waals surface area (Å²) < 4.78 is 39.2. The lowest BCUT2D eigenvalue weighted by molar-refractivity contribution is -0.141. The number of nitrogens with one attached hydrogen (secondary N) is 1. The summed E-state index contributed by atoms with van der Waals surface area (Å²) >= 11 is 5.87. The predicted molar refractivity (Wildman–Crippen MR) is 90.5 cm³/mol. The predicted octanol–water partition coefficient (Wildman–Crippen LogP) is 4.50. The SMILES string of the molecule is Cc1cc(NC(=O)c2ccc(C(F)(F)F)nc2)n(-c2ccc(Cl)cc2)n1. The molecule has 0 bridgehead atoms. The van der Waals surface area contributed by atoms with Crippen molar-refractivity contribution in [1.29, 1.82) is 0 Å². The Kier molecular flexibility index (Phi) is 4.69. The standard InChI is InChI=1S/C17H12ClF3N4O/c1-10-8-15(25(24-10)13-5-3-12(18)4-6-13)23-16(26)11-2-7-14(22-9-11)17(19,20)21/h2-9H,1H3,(H,23,26). The molecule has 1 aromatic carbocycles. The second-order valence-electron chi connectivity index (χ2n) is 5.44. The van der Waals surface area contributed by atoms with E-state index in [4.69, 9.17) is 11.6 Å². The summed E-state index contributed by atoms with van der Waals surface area (Å²) in [5, 5.41) is 7.48. The Morgan fingerprint density at radius 3 is 2.42 bits per heavy atom. The summed E-state index contributed by atoms with van der Waals surface area (Å²) in [5.74, 6) is -0.226. The van der Waals surface area contributed by atoms with E-state index in [0.717, 1.165) is 18.3 Å². The van der Waals surface area contributed by atoms with Gasteiger partial charge in [0.1, 0.15) is 11.5 Å². The first kappa shape index (κ1) is 17.9. The van der Waals surface area contributed by atoms with Crippen molar-refractivity contribution in [2.24, 2.45) is 0 Å². The van der Waals surface area contributed by atoms with Crippen LogP contribution in [0.3, 0.4) is 0 Å². The molecule has 0 saturated heterocycles. The summed E-state index contributed by atoms with van der Waals surface area (Å²) in [6, 6.07) is 10.3. The molecule has 9 heteroatoms. The zero-order valence-corrected chi connectivity index (χ0v) is 14.1. The number of aryl methyl sites for hydroxylation is 1. The first-order valence-corrected chi connectivity index (χ1v) is 7.79. The molecule has 0 aliphatic heterocycles. The van der Waals surface area contributed by atoms with Crippen molar-refractivity contribution < 1.29 is 18.0 Å². The quantitative estimate of drug-likeness (QED) is 0.727. The maximum absolute atomic E-state index is 12.6. The fourth-order valence-electron chi connectivity index (χ4n) is 2.25. The number of carbonyl (C=O) groups excluding carboxylic acids is 1. The van der Waals surface area contributed by atoms with Crippen molar-refractivity contribution in [2.75, 3.05) is 5.32 Å². The summed E-state index contributed by atoms with van der Waals surface area (Å²) in [6.45, 7) is 1.75. The number of halogens is 4. The van der Waals surface area contributed by atoms with Crippen molar-refractivity contribution in [3.05, 3.63) is 70.6 Å². The van der Waals surface area contributed by atoms with E-state index in [-0.39, 0.29) is 5.56 Å². The molecule has 0 unspecified atom stereocenters. The molecule has 1 amide bonds. The molecule has 26 heavy (non-hydrogen) atoms. The molecule has 2 aromatic heterocycles. The Morgan fingerprint density at radius 1 is 1.15 bits per heavy atom.